The van der Waals surface area contributed by atoms with Crippen LogP contribution in [0.4, 0.5) is 5.69 Å². The van der Waals surface area contributed by atoms with Gasteiger partial charge in [-0.15, -0.1) is 23.1 Å². The molecule has 1 aliphatic heterocycles. The van der Waals surface area contributed by atoms with Gasteiger partial charge < -0.3 is 10.1 Å². The van der Waals surface area contributed by atoms with Crippen molar-refractivity contribution in [2.45, 2.75) is 18.4 Å². The lowest BCUT2D eigenvalue weighted by Gasteiger charge is -2.17. The predicted molar refractivity (Wildman–Crippen MR) is 89.1 cm³/mol. The van der Waals surface area contributed by atoms with E-state index in [0.29, 0.717) is 18.8 Å². The van der Waals surface area contributed by atoms with Crippen LogP contribution >= 0.6 is 23.1 Å². The normalized spacial score (nSPS) is 13.0. The second kappa shape index (κ2) is 6.49. The Labute approximate surface area is 131 Å². The van der Waals surface area contributed by atoms with Crippen molar-refractivity contribution in [3.8, 4) is 0 Å². The molecule has 0 aliphatic carbocycles. The summed E-state index contributed by atoms with van der Waals surface area (Å²) in [6.07, 6.45) is 4.62. The van der Waals surface area contributed by atoms with Crippen LogP contribution in [0.15, 0.2) is 22.5 Å². The molecule has 0 spiro atoms. The third kappa shape index (κ3) is 3.06. The molecule has 3 heterocycles. The van der Waals surface area contributed by atoms with Crippen molar-refractivity contribution in [2.75, 3.05) is 24.2 Å². The molecule has 0 amide bonds. The number of thioether (sulfide) groups is 1. The van der Waals surface area contributed by atoms with E-state index in [1.54, 1.807) is 23.1 Å². The Morgan fingerprint density at radius 1 is 1.57 bits per heavy atom. The number of carbonyl (C=O) groups is 1. The molecule has 0 unspecified atom stereocenters. The number of nitrogens with one attached hydrogen (secondary N) is 1. The molecule has 0 radical (unpaired) electrons. The van der Waals surface area contributed by atoms with Gasteiger partial charge >= 0.3 is 5.97 Å². The molecule has 0 saturated carbocycles. The molecular weight excluding hydrogens is 304 g/mol. The number of pyridine rings is 1. The number of fused-ring (bicyclic) bond motifs is 3. The van der Waals surface area contributed by atoms with E-state index in [4.69, 9.17) is 9.72 Å². The molecule has 0 aromatic carbocycles. The minimum Gasteiger partial charge on any atom is -0.466 e. The molecule has 3 rings (SSSR count). The summed E-state index contributed by atoms with van der Waals surface area (Å²) in [5, 5.41) is 7.64. The van der Waals surface area contributed by atoms with E-state index < -0.39 is 0 Å². The van der Waals surface area contributed by atoms with Gasteiger partial charge in [0.15, 0.2) is 0 Å². The molecule has 110 valence electrons. The number of anilines is 1. The minimum absolute atomic E-state index is 0.148. The van der Waals surface area contributed by atoms with Gasteiger partial charge in [0.25, 0.3) is 0 Å². The molecule has 1 aliphatic rings. The monoisotopic (exact) mass is 320 g/mol. The number of thiophene rings is 1. The summed E-state index contributed by atoms with van der Waals surface area (Å²) in [6, 6.07) is 2.10. The van der Waals surface area contributed by atoms with Crippen molar-refractivity contribution < 1.29 is 9.53 Å². The quantitative estimate of drug-likeness (QED) is 0.671. The smallest absolute Gasteiger partial charge is 0.306 e. The van der Waals surface area contributed by atoms with Gasteiger partial charge in [0.05, 0.1) is 18.7 Å². The Morgan fingerprint density at radius 2 is 2.48 bits per heavy atom. The first-order chi connectivity index (χ1) is 10.3. The predicted octanol–water partition coefficient (Wildman–Crippen LogP) is 3.78. The molecule has 0 fully saturated rings. The fourth-order valence-corrected chi connectivity index (χ4v) is 4.02. The topological polar surface area (TPSA) is 51.2 Å². The number of nitrogens with zero attached hydrogens (tertiary/aromatic N) is 1. The zero-order valence-corrected chi connectivity index (χ0v) is 13.4. The zero-order chi connectivity index (χ0) is 14.7. The van der Waals surface area contributed by atoms with Gasteiger partial charge in [-0.2, -0.15) is 0 Å². The van der Waals surface area contributed by atoms with E-state index >= 15 is 0 Å². The third-order valence-corrected chi connectivity index (χ3v) is 4.95. The largest absolute Gasteiger partial charge is 0.466 e. The second-order valence-corrected chi connectivity index (χ2v) is 6.51. The maximum atomic E-state index is 11.4. The molecule has 2 aromatic heterocycles. The first-order valence-corrected chi connectivity index (χ1v) is 8.76. The summed E-state index contributed by atoms with van der Waals surface area (Å²) in [6.45, 7) is 3.10. The third-order valence-electron chi connectivity index (χ3n) is 3.15. The van der Waals surface area contributed by atoms with E-state index in [1.807, 2.05) is 6.92 Å². The molecule has 0 saturated heterocycles. The standard InChI is InChI=1S/C15H16N2O2S2/c1-2-19-12(18)6-9-21-14-10-4-3-7-16-13(10)11-5-8-20-15(11)17-14/h3-5,8,16H,2,6-7,9H2,1H3. The highest BCUT2D eigenvalue weighted by Gasteiger charge is 2.16. The average molecular weight is 320 g/mol. The Kier molecular flexibility index (Phi) is 4.45. The summed E-state index contributed by atoms with van der Waals surface area (Å²) >= 11 is 3.25. The first-order valence-electron chi connectivity index (χ1n) is 6.89. The van der Waals surface area contributed by atoms with Crippen molar-refractivity contribution >= 4 is 51.0 Å². The minimum atomic E-state index is -0.148. The Balaban J connectivity index is 1.82. The number of aromatic nitrogens is 1. The van der Waals surface area contributed by atoms with E-state index in [0.717, 1.165) is 27.7 Å². The molecule has 1 N–H and O–H groups in total. The Hall–Kier alpha value is -1.53. The van der Waals surface area contributed by atoms with Gasteiger partial charge in [-0.1, -0.05) is 12.2 Å². The molecular formula is C15H16N2O2S2. The van der Waals surface area contributed by atoms with Gasteiger partial charge in [-0.25, -0.2) is 4.98 Å². The summed E-state index contributed by atoms with van der Waals surface area (Å²) in [7, 11) is 0. The van der Waals surface area contributed by atoms with Crippen molar-refractivity contribution in [1.82, 2.24) is 4.98 Å². The average Bonchev–Trinajstić information content (AvgIpc) is 2.96. The van der Waals surface area contributed by atoms with Gasteiger partial charge in [-0.05, 0) is 18.4 Å². The lowest BCUT2D eigenvalue weighted by molar-refractivity contribution is -0.142. The van der Waals surface area contributed by atoms with Crippen LogP contribution in [0, 0.1) is 0 Å². The highest BCUT2D eigenvalue weighted by molar-refractivity contribution is 7.99. The van der Waals surface area contributed by atoms with E-state index in [2.05, 4.69) is 28.9 Å². The van der Waals surface area contributed by atoms with Crippen molar-refractivity contribution in [1.29, 1.82) is 0 Å². The molecule has 21 heavy (non-hydrogen) atoms. The highest BCUT2D eigenvalue weighted by atomic mass is 32.2. The van der Waals surface area contributed by atoms with Crippen LogP contribution in [0.5, 0.6) is 0 Å². The van der Waals surface area contributed by atoms with Crippen LogP contribution in [0.25, 0.3) is 16.3 Å². The molecule has 6 heteroatoms. The summed E-state index contributed by atoms with van der Waals surface area (Å²) in [5.41, 5.74) is 2.28. The molecule has 4 nitrogen and oxygen atoms in total. The zero-order valence-electron chi connectivity index (χ0n) is 11.7. The van der Waals surface area contributed by atoms with Crippen LogP contribution in [0.3, 0.4) is 0 Å². The second-order valence-electron chi connectivity index (χ2n) is 4.53. The van der Waals surface area contributed by atoms with Crippen LogP contribution in [0.1, 0.15) is 18.9 Å². The van der Waals surface area contributed by atoms with Crippen LogP contribution in [-0.2, 0) is 9.53 Å². The summed E-state index contributed by atoms with van der Waals surface area (Å²) in [5.74, 6) is 0.535. The Morgan fingerprint density at radius 3 is 3.33 bits per heavy atom. The van der Waals surface area contributed by atoms with Crippen LogP contribution in [0.2, 0.25) is 0 Å². The number of esters is 1. The van der Waals surface area contributed by atoms with Crippen molar-refractivity contribution in [3.05, 3.63) is 23.1 Å². The summed E-state index contributed by atoms with van der Waals surface area (Å²) < 4.78 is 4.95. The van der Waals surface area contributed by atoms with Crippen molar-refractivity contribution in [3.63, 3.8) is 0 Å². The van der Waals surface area contributed by atoms with E-state index in [9.17, 15) is 4.79 Å². The van der Waals surface area contributed by atoms with Gasteiger partial charge in [0.1, 0.15) is 9.86 Å². The number of carbonyl (C=O) groups excluding carboxylic acids is 1. The fourth-order valence-electron chi connectivity index (χ4n) is 2.24. The first kappa shape index (κ1) is 14.4. The summed E-state index contributed by atoms with van der Waals surface area (Å²) in [4.78, 5) is 17.2. The van der Waals surface area contributed by atoms with Gasteiger partial charge in [0.2, 0.25) is 0 Å². The number of ether oxygens (including phenoxy) is 1. The van der Waals surface area contributed by atoms with Crippen molar-refractivity contribution in [2.24, 2.45) is 0 Å². The van der Waals surface area contributed by atoms with E-state index in [-0.39, 0.29) is 5.97 Å². The SMILES string of the molecule is CCOC(=O)CCSc1nc2sccc2c2c1C=CCN2. The maximum Gasteiger partial charge on any atom is 0.306 e. The molecule has 0 bridgehead atoms. The Bertz CT molecular complexity index is 694. The lowest BCUT2D eigenvalue weighted by Crippen LogP contribution is -2.07. The van der Waals surface area contributed by atoms with Crippen LogP contribution < -0.4 is 5.32 Å². The number of rotatable bonds is 5. The van der Waals surface area contributed by atoms with Crippen LogP contribution in [-0.4, -0.2) is 29.9 Å². The fraction of sp³-hybridized carbons (Fsp3) is 0.333. The lowest BCUT2D eigenvalue weighted by atomic mass is 10.1. The maximum absolute atomic E-state index is 11.4. The molecule has 0 atom stereocenters. The van der Waals surface area contributed by atoms with Gasteiger partial charge in [0, 0.05) is 23.2 Å². The highest BCUT2D eigenvalue weighted by Crippen LogP contribution is 2.37. The van der Waals surface area contributed by atoms with Gasteiger partial charge in [-0.3, -0.25) is 4.79 Å². The number of hydrogen-bond donors (Lipinski definition) is 1. The molecule has 2 aromatic rings. The number of hydrogen-bond acceptors (Lipinski definition) is 6. The van der Waals surface area contributed by atoms with E-state index in [1.165, 1.54) is 5.39 Å².